The molecule has 1 aromatic rings. The summed E-state index contributed by atoms with van der Waals surface area (Å²) in [4.78, 5) is 104. The minimum Gasteiger partial charge on any atom is -0.445 e. The standard InChI is InChI=1S/C40H53F3N6O8/c1-3-9-24(35(37(54)47-27-14-15-27)57-39(56)40(41,42)43)18-31(51)34-28-13-8-12-25(28)22-49(34)38(55)26(20-46-32(52)4-2)19-30(50)33(23-10-6-5-7-11-23)48-36(53)29-21-44-16-17-45-29/h4,16-17,21,23-28,33-35H,2-3,5-15,18-20,22H2,1H3,(H,46,52)(H,47,54)(H,48,53)/t24-,25+,26+,28+,33+,34+,35?/m1/s1. The van der Waals surface area contributed by atoms with Crippen LogP contribution in [0.25, 0.3) is 0 Å². The first-order valence-electron chi connectivity index (χ1n) is 20.1. The zero-order valence-corrected chi connectivity index (χ0v) is 32.3. The van der Waals surface area contributed by atoms with Crippen LogP contribution in [0.4, 0.5) is 13.2 Å². The van der Waals surface area contributed by atoms with Crippen LogP contribution in [-0.2, 0) is 33.5 Å². The maximum Gasteiger partial charge on any atom is 0.490 e. The number of esters is 1. The van der Waals surface area contributed by atoms with Crippen LogP contribution in [0.1, 0.15) is 107 Å². The fraction of sp³-hybridized carbons (Fsp3) is 0.675. The topological polar surface area (TPSA) is 194 Å². The second kappa shape index (κ2) is 19.6. The Morgan fingerprint density at radius 2 is 1.72 bits per heavy atom. The van der Waals surface area contributed by atoms with Crippen molar-refractivity contribution >= 4 is 41.2 Å². The summed E-state index contributed by atoms with van der Waals surface area (Å²) >= 11 is 0. The second-order valence-corrected chi connectivity index (χ2v) is 15.9. The second-order valence-electron chi connectivity index (χ2n) is 15.9. The van der Waals surface area contributed by atoms with E-state index < -0.39 is 83.8 Å². The van der Waals surface area contributed by atoms with Crippen LogP contribution in [0.15, 0.2) is 31.2 Å². The van der Waals surface area contributed by atoms with Crippen LogP contribution in [-0.4, -0.2) is 99.5 Å². The Kier molecular flexibility index (Phi) is 15.0. The average Bonchev–Trinajstić information content (AvgIpc) is 3.76. The number of hydrogen-bond donors (Lipinski definition) is 3. The number of hydrogen-bond acceptors (Lipinski definition) is 10. The van der Waals surface area contributed by atoms with Gasteiger partial charge in [0.25, 0.3) is 11.8 Å². The predicted octanol–water partition coefficient (Wildman–Crippen LogP) is 3.79. The van der Waals surface area contributed by atoms with E-state index in [1.807, 2.05) is 0 Å². The number of rotatable bonds is 19. The maximum absolute atomic E-state index is 14.7. The largest absolute Gasteiger partial charge is 0.490 e. The van der Waals surface area contributed by atoms with Gasteiger partial charge in [-0.1, -0.05) is 45.6 Å². The quantitative estimate of drug-likeness (QED) is 0.137. The molecule has 5 rings (SSSR count). The van der Waals surface area contributed by atoms with Crippen LogP contribution in [0, 0.1) is 29.6 Å². The highest BCUT2D eigenvalue weighted by Crippen LogP contribution is 2.44. The van der Waals surface area contributed by atoms with Crippen molar-refractivity contribution in [1.82, 2.24) is 30.8 Å². The summed E-state index contributed by atoms with van der Waals surface area (Å²) in [7, 11) is 0. The van der Waals surface area contributed by atoms with E-state index in [1.54, 1.807) is 6.92 Å². The molecule has 7 atom stereocenters. The van der Waals surface area contributed by atoms with Gasteiger partial charge in [0.05, 0.1) is 24.2 Å². The number of Topliss-reactive ketones (excluding diaryl/α,β-unsaturated/α-hetero) is 2. The fourth-order valence-electron chi connectivity index (χ4n) is 8.82. The highest BCUT2D eigenvalue weighted by atomic mass is 19.4. The van der Waals surface area contributed by atoms with Crippen LogP contribution in [0.5, 0.6) is 0 Å². The van der Waals surface area contributed by atoms with Gasteiger partial charge in [0.2, 0.25) is 11.8 Å². The molecule has 4 aliphatic rings. The summed E-state index contributed by atoms with van der Waals surface area (Å²) in [5, 5.41) is 8.05. The van der Waals surface area contributed by atoms with Crippen LogP contribution < -0.4 is 16.0 Å². The van der Waals surface area contributed by atoms with Gasteiger partial charge in [-0.05, 0) is 68.8 Å². The number of nitrogens with one attached hydrogen (secondary N) is 3. The van der Waals surface area contributed by atoms with Crippen molar-refractivity contribution < 1.29 is 51.5 Å². The van der Waals surface area contributed by atoms with Gasteiger partial charge in [0, 0.05) is 50.3 Å². The highest BCUT2D eigenvalue weighted by molar-refractivity contribution is 5.98. The Morgan fingerprint density at radius 1 is 0.982 bits per heavy atom. The molecule has 0 bridgehead atoms. The van der Waals surface area contributed by atoms with Gasteiger partial charge in [-0.2, -0.15) is 13.2 Å². The number of aromatic nitrogens is 2. The number of carbonyl (C=O) groups excluding carboxylic acids is 7. The summed E-state index contributed by atoms with van der Waals surface area (Å²) in [5.41, 5.74) is 0.0174. The third-order valence-electron chi connectivity index (χ3n) is 11.8. The molecule has 312 valence electrons. The van der Waals surface area contributed by atoms with Gasteiger partial charge in [-0.3, -0.25) is 33.8 Å². The lowest BCUT2D eigenvalue weighted by atomic mass is 9.80. The van der Waals surface area contributed by atoms with E-state index in [2.05, 4.69) is 32.5 Å². The van der Waals surface area contributed by atoms with Crippen LogP contribution in [0.3, 0.4) is 0 Å². The highest BCUT2D eigenvalue weighted by Gasteiger charge is 2.52. The van der Waals surface area contributed by atoms with Gasteiger partial charge in [-0.15, -0.1) is 0 Å². The number of carbonyl (C=O) groups is 7. The lowest BCUT2D eigenvalue weighted by molar-refractivity contribution is -0.208. The smallest absolute Gasteiger partial charge is 0.445 e. The maximum atomic E-state index is 14.7. The Morgan fingerprint density at radius 3 is 2.35 bits per heavy atom. The van der Waals surface area contributed by atoms with Crippen LogP contribution in [0.2, 0.25) is 0 Å². The molecule has 1 aliphatic heterocycles. The van der Waals surface area contributed by atoms with Crippen molar-refractivity contribution in [1.29, 1.82) is 0 Å². The lowest BCUT2D eigenvalue weighted by Crippen LogP contribution is -2.52. The van der Waals surface area contributed by atoms with E-state index >= 15 is 0 Å². The molecule has 3 aliphatic carbocycles. The minimum atomic E-state index is -5.37. The molecule has 3 saturated carbocycles. The van der Waals surface area contributed by atoms with Gasteiger partial charge >= 0.3 is 12.1 Å². The SMILES string of the molecule is C=CC(=O)NC[C@H](CC(=O)[C@@H](NC(=O)c1cnccn1)C1CCCCC1)C(=O)N1C[C@@H]2CCC[C@@H]2[C@H]1C(=O)C[C@@H](CCC)C(OC(=O)C(F)(F)F)C(=O)NC1CC1. The number of amides is 4. The summed E-state index contributed by atoms with van der Waals surface area (Å²) in [5.74, 6) is -8.91. The lowest BCUT2D eigenvalue weighted by Gasteiger charge is -2.34. The molecule has 4 amide bonds. The van der Waals surface area contributed by atoms with Gasteiger partial charge in [0.1, 0.15) is 5.69 Å². The molecule has 1 aromatic heterocycles. The first kappa shape index (κ1) is 43.4. The van der Waals surface area contributed by atoms with Crippen molar-refractivity contribution in [2.75, 3.05) is 13.1 Å². The molecule has 0 aromatic carbocycles. The Labute approximate surface area is 329 Å². The van der Waals surface area contributed by atoms with E-state index in [0.29, 0.717) is 38.5 Å². The van der Waals surface area contributed by atoms with E-state index in [0.717, 1.165) is 38.2 Å². The first-order chi connectivity index (χ1) is 27.2. The number of ketones is 2. The molecule has 1 unspecified atom stereocenters. The minimum absolute atomic E-state index is 0.0174. The molecular formula is C40H53F3N6O8. The van der Waals surface area contributed by atoms with Crippen molar-refractivity contribution in [3.05, 3.63) is 36.9 Å². The van der Waals surface area contributed by atoms with Crippen LogP contribution >= 0.6 is 0 Å². The number of fused-ring (bicyclic) bond motifs is 1. The normalized spacial score (nSPS) is 22.9. The molecule has 1 saturated heterocycles. The zero-order valence-electron chi connectivity index (χ0n) is 32.3. The molecule has 3 N–H and O–H groups in total. The number of ether oxygens (including phenoxy) is 1. The molecule has 14 nitrogen and oxygen atoms in total. The number of halogens is 3. The van der Waals surface area contributed by atoms with Crippen molar-refractivity contribution in [2.24, 2.45) is 29.6 Å². The van der Waals surface area contributed by atoms with E-state index in [1.165, 1.54) is 23.5 Å². The number of likely N-dealkylation sites (tertiary alicyclic amines) is 1. The Hall–Kier alpha value is -4.70. The molecule has 57 heavy (non-hydrogen) atoms. The average molecular weight is 803 g/mol. The zero-order chi connectivity index (χ0) is 41.3. The molecule has 2 heterocycles. The molecule has 0 spiro atoms. The molecular weight excluding hydrogens is 749 g/mol. The van der Waals surface area contributed by atoms with E-state index in [9.17, 15) is 46.7 Å². The van der Waals surface area contributed by atoms with E-state index in [-0.39, 0.29) is 55.4 Å². The number of alkyl halides is 3. The number of nitrogens with zero attached hydrogens (tertiary/aromatic N) is 3. The monoisotopic (exact) mass is 802 g/mol. The van der Waals surface area contributed by atoms with Gasteiger partial charge in [0.15, 0.2) is 17.7 Å². The molecule has 4 fully saturated rings. The fourth-order valence-corrected chi connectivity index (χ4v) is 8.82. The predicted molar refractivity (Wildman–Crippen MR) is 198 cm³/mol. The van der Waals surface area contributed by atoms with Gasteiger partial charge < -0.3 is 25.6 Å². The van der Waals surface area contributed by atoms with Crippen molar-refractivity contribution in [3.63, 3.8) is 0 Å². The summed E-state index contributed by atoms with van der Waals surface area (Å²) in [6, 6.07) is -2.24. The summed E-state index contributed by atoms with van der Waals surface area (Å²) in [6.07, 6.45) is 4.85. The Balaban J connectivity index is 1.40. The molecule has 17 heteroatoms. The van der Waals surface area contributed by atoms with Crippen molar-refractivity contribution in [2.45, 2.75) is 127 Å². The summed E-state index contributed by atoms with van der Waals surface area (Å²) in [6.45, 7) is 5.11. The Bertz CT molecular complexity index is 1650. The third-order valence-corrected chi connectivity index (χ3v) is 11.8. The van der Waals surface area contributed by atoms with Crippen molar-refractivity contribution in [3.8, 4) is 0 Å². The van der Waals surface area contributed by atoms with Gasteiger partial charge in [-0.25, -0.2) is 9.78 Å². The first-order valence-corrected chi connectivity index (χ1v) is 20.1. The summed E-state index contributed by atoms with van der Waals surface area (Å²) < 4.78 is 45.0. The molecule has 0 radical (unpaired) electrons. The third kappa shape index (κ3) is 11.5. The van der Waals surface area contributed by atoms with E-state index in [4.69, 9.17) is 4.74 Å².